The molecule has 2 heterocycles. The lowest BCUT2D eigenvalue weighted by Crippen LogP contribution is -2.44. The molecule has 26 heavy (non-hydrogen) atoms. The Bertz CT molecular complexity index is 829. The Morgan fingerprint density at radius 3 is 2.62 bits per heavy atom. The molecule has 0 radical (unpaired) electrons. The molecule has 0 saturated carbocycles. The van der Waals surface area contributed by atoms with Gasteiger partial charge < -0.3 is 14.6 Å². The van der Waals surface area contributed by atoms with Crippen molar-refractivity contribution in [2.75, 3.05) is 39.3 Å². The number of aromatic nitrogens is 2. The number of benzene rings is 2. The highest BCUT2D eigenvalue weighted by atomic mass is 16.5. The Morgan fingerprint density at radius 1 is 1.00 bits per heavy atom. The molecule has 3 aromatic rings. The van der Waals surface area contributed by atoms with Crippen molar-refractivity contribution < 1.29 is 9.26 Å². The number of hydrogen-bond donors (Lipinski definition) is 1. The SMILES string of the molecule is c1ccc(-c2noc(-c3ccccc3OCCN3CCNCC3)n2)cc1. The zero-order valence-corrected chi connectivity index (χ0v) is 14.6. The minimum Gasteiger partial charge on any atom is -0.491 e. The number of ether oxygens (including phenoxy) is 1. The standard InChI is InChI=1S/C20H22N4O2/c1-2-6-16(7-3-1)19-22-20(26-23-19)17-8-4-5-9-18(17)25-15-14-24-12-10-21-11-13-24/h1-9,21H,10-15H2. The molecule has 1 aliphatic heterocycles. The Balaban J connectivity index is 1.46. The van der Waals surface area contributed by atoms with Gasteiger partial charge in [-0.2, -0.15) is 4.98 Å². The van der Waals surface area contributed by atoms with E-state index in [1.54, 1.807) is 0 Å². The quantitative estimate of drug-likeness (QED) is 0.737. The third kappa shape index (κ3) is 3.92. The van der Waals surface area contributed by atoms with Crippen LogP contribution in [0.5, 0.6) is 5.75 Å². The molecular weight excluding hydrogens is 328 g/mol. The van der Waals surface area contributed by atoms with Crippen molar-refractivity contribution in [3.8, 4) is 28.6 Å². The summed E-state index contributed by atoms with van der Waals surface area (Å²) in [7, 11) is 0. The average Bonchev–Trinajstić information content (AvgIpc) is 3.20. The van der Waals surface area contributed by atoms with Gasteiger partial charge in [-0.3, -0.25) is 4.90 Å². The molecule has 0 bridgehead atoms. The second-order valence-electron chi connectivity index (χ2n) is 6.23. The summed E-state index contributed by atoms with van der Waals surface area (Å²) in [5.41, 5.74) is 1.75. The maximum Gasteiger partial charge on any atom is 0.262 e. The summed E-state index contributed by atoms with van der Waals surface area (Å²) in [6.45, 7) is 5.76. The summed E-state index contributed by atoms with van der Waals surface area (Å²) in [6, 6.07) is 17.6. The van der Waals surface area contributed by atoms with Gasteiger partial charge in [-0.1, -0.05) is 47.6 Å². The topological polar surface area (TPSA) is 63.4 Å². The lowest BCUT2D eigenvalue weighted by Gasteiger charge is -2.27. The predicted molar refractivity (Wildman–Crippen MR) is 100.0 cm³/mol. The van der Waals surface area contributed by atoms with Crippen molar-refractivity contribution in [2.45, 2.75) is 0 Å². The molecular formula is C20H22N4O2. The number of nitrogens with zero attached hydrogens (tertiary/aromatic N) is 3. The minimum absolute atomic E-state index is 0.474. The molecule has 0 atom stereocenters. The van der Waals surface area contributed by atoms with Gasteiger partial charge in [-0.05, 0) is 12.1 Å². The Hall–Kier alpha value is -2.70. The molecule has 1 saturated heterocycles. The number of para-hydroxylation sites is 1. The highest BCUT2D eigenvalue weighted by Crippen LogP contribution is 2.30. The van der Waals surface area contributed by atoms with E-state index >= 15 is 0 Å². The molecule has 0 spiro atoms. The lowest BCUT2D eigenvalue weighted by molar-refractivity contribution is 0.191. The minimum atomic E-state index is 0.474. The van der Waals surface area contributed by atoms with Crippen molar-refractivity contribution in [1.82, 2.24) is 20.4 Å². The van der Waals surface area contributed by atoms with E-state index in [0.29, 0.717) is 18.3 Å². The van der Waals surface area contributed by atoms with E-state index in [9.17, 15) is 0 Å². The van der Waals surface area contributed by atoms with Gasteiger partial charge in [-0.15, -0.1) is 0 Å². The largest absolute Gasteiger partial charge is 0.491 e. The Labute approximate surface area is 152 Å². The fraction of sp³-hybridized carbons (Fsp3) is 0.300. The van der Waals surface area contributed by atoms with Gasteiger partial charge in [0.05, 0.1) is 5.56 Å². The predicted octanol–water partition coefficient (Wildman–Crippen LogP) is 2.69. The highest BCUT2D eigenvalue weighted by Gasteiger charge is 2.15. The zero-order chi connectivity index (χ0) is 17.6. The van der Waals surface area contributed by atoms with Crippen LogP contribution < -0.4 is 10.1 Å². The van der Waals surface area contributed by atoms with Crippen LogP contribution in [-0.4, -0.2) is 54.4 Å². The summed E-state index contributed by atoms with van der Waals surface area (Å²) in [5.74, 6) is 1.82. The van der Waals surface area contributed by atoms with Gasteiger partial charge in [0.1, 0.15) is 12.4 Å². The van der Waals surface area contributed by atoms with Gasteiger partial charge >= 0.3 is 0 Å². The molecule has 0 unspecified atom stereocenters. The maximum atomic E-state index is 6.02. The molecule has 4 rings (SSSR count). The van der Waals surface area contributed by atoms with E-state index in [-0.39, 0.29) is 0 Å². The van der Waals surface area contributed by atoms with Crippen molar-refractivity contribution >= 4 is 0 Å². The second-order valence-corrected chi connectivity index (χ2v) is 6.23. The summed E-state index contributed by atoms with van der Waals surface area (Å²) in [4.78, 5) is 6.93. The normalized spacial score (nSPS) is 15.1. The summed E-state index contributed by atoms with van der Waals surface area (Å²) in [5, 5.41) is 7.46. The highest BCUT2D eigenvalue weighted by molar-refractivity contribution is 5.65. The molecule has 1 N–H and O–H groups in total. The van der Waals surface area contributed by atoms with Crippen LogP contribution in [0.15, 0.2) is 59.1 Å². The zero-order valence-electron chi connectivity index (χ0n) is 14.6. The Morgan fingerprint density at radius 2 is 1.77 bits per heavy atom. The first kappa shape index (κ1) is 16.8. The van der Waals surface area contributed by atoms with Crippen molar-refractivity contribution in [3.63, 3.8) is 0 Å². The average molecular weight is 350 g/mol. The fourth-order valence-corrected chi connectivity index (χ4v) is 3.03. The van der Waals surface area contributed by atoms with Crippen LogP contribution in [0.1, 0.15) is 0 Å². The second kappa shape index (κ2) is 8.12. The molecule has 1 aliphatic rings. The lowest BCUT2D eigenvalue weighted by atomic mass is 10.2. The van der Waals surface area contributed by atoms with Crippen LogP contribution in [0, 0.1) is 0 Å². The molecule has 6 nitrogen and oxygen atoms in total. The molecule has 0 amide bonds. The number of rotatable bonds is 6. The first-order chi connectivity index (χ1) is 12.9. The first-order valence-electron chi connectivity index (χ1n) is 8.94. The van der Waals surface area contributed by atoms with E-state index in [0.717, 1.165) is 49.6 Å². The molecule has 0 aliphatic carbocycles. The number of hydrogen-bond acceptors (Lipinski definition) is 6. The number of nitrogens with one attached hydrogen (secondary N) is 1. The monoisotopic (exact) mass is 350 g/mol. The van der Waals surface area contributed by atoms with Gasteiger partial charge in [0.25, 0.3) is 5.89 Å². The third-order valence-electron chi connectivity index (χ3n) is 4.45. The molecule has 2 aromatic carbocycles. The van der Waals surface area contributed by atoms with Gasteiger partial charge in [0, 0.05) is 38.3 Å². The van der Waals surface area contributed by atoms with Crippen molar-refractivity contribution in [1.29, 1.82) is 0 Å². The molecule has 1 fully saturated rings. The Kier molecular flexibility index (Phi) is 5.23. The maximum absolute atomic E-state index is 6.02. The van der Waals surface area contributed by atoms with Gasteiger partial charge in [0.2, 0.25) is 5.82 Å². The first-order valence-corrected chi connectivity index (χ1v) is 8.94. The van der Waals surface area contributed by atoms with E-state index in [2.05, 4.69) is 20.4 Å². The van der Waals surface area contributed by atoms with E-state index in [1.165, 1.54) is 0 Å². The van der Waals surface area contributed by atoms with Crippen LogP contribution >= 0.6 is 0 Å². The smallest absolute Gasteiger partial charge is 0.262 e. The molecule has 134 valence electrons. The van der Waals surface area contributed by atoms with E-state index < -0.39 is 0 Å². The van der Waals surface area contributed by atoms with Crippen molar-refractivity contribution in [3.05, 3.63) is 54.6 Å². The molecule has 6 heteroatoms. The number of piperazine rings is 1. The van der Waals surface area contributed by atoms with Crippen LogP contribution in [0.25, 0.3) is 22.8 Å². The molecule has 1 aromatic heterocycles. The van der Waals surface area contributed by atoms with Gasteiger partial charge in [0.15, 0.2) is 0 Å². The van der Waals surface area contributed by atoms with E-state index in [1.807, 2.05) is 54.6 Å². The summed E-state index contributed by atoms with van der Waals surface area (Å²) in [6.07, 6.45) is 0. The van der Waals surface area contributed by atoms with Crippen LogP contribution in [0.2, 0.25) is 0 Å². The van der Waals surface area contributed by atoms with Crippen LogP contribution in [0.4, 0.5) is 0 Å². The van der Waals surface area contributed by atoms with Crippen LogP contribution in [-0.2, 0) is 0 Å². The van der Waals surface area contributed by atoms with Crippen LogP contribution in [0.3, 0.4) is 0 Å². The third-order valence-corrected chi connectivity index (χ3v) is 4.45. The summed E-state index contributed by atoms with van der Waals surface area (Å²) >= 11 is 0. The van der Waals surface area contributed by atoms with E-state index in [4.69, 9.17) is 9.26 Å². The summed E-state index contributed by atoms with van der Waals surface area (Å²) < 4.78 is 11.5. The van der Waals surface area contributed by atoms with Gasteiger partial charge in [-0.25, -0.2) is 0 Å². The van der Waals surface area contributed by atoms with Crippen molar-refractivity contribution in [2.24, 2.45) is 0 Å². The fourth-order valence-electron chi connectivity index (χ4n) is 3.03.